The normalized spacial score (nSPS) is 11.4. The van der Waals surface area contributed by atoms with E-state index >= 15 is 0 Å². The number of aryl methyl sites for hydroxylation is 2. The van der Waals surface area contributed by atoms with Gasteiger partial charge in [-0.3, -0.25) is 0 Å². The third-order valence-corrected chi connectivity index (χ3v) is 5.03. The molecule has 0 fully saturated rings. The Morgan fingerprint density at radius 1 is 1.08 bits per heavy atom. The molecular formula is C23H21N2O+. The molecule has 2 heterocycles. The number of benzene rings is 2. The summed E-state index contributed by atoms with van der Waals surface area (Å²) in [5.41, 5.74) is 6.92. The van der Waals surface area contributed by atoms with Gasteiger partial charge in [-0.2, -0.15) is 0 Å². The van der Waals surface area contributed by atoms with Gasteiger partial charge in [-0.05, 0) is 36.6 Å². The molecule has 0 amide bonds. The number of rotatable bonds is 2. The minimum absolute atomic E-state index is 0.232. The van der Waals surface area contributed by atoms with E-state index in [0.29, 0.717) is 5.69 Å². The molecule has 0 saturated heterocycles. The van der Waals surface area contributed by atoms with Crippen LogP contribution >= 0.6 is 0 Å². The topological polar surface area (TPSA) is 21.4 Å². The SMILES string of the molecule is [C-]#[N+]c1ccc2c(oc3cc(-c4cccc[n+]4C)c(C)cc32)c1C(C)C. The van der Waals surface area contributed by atoms with Gasteiger partial charge in [0.15, 0.2) is 11.9 Å². The van der Waals surface area contributed by atoms with Crippen molar-refractivity contribution in [2.24, 2.45) is 7.05 Å². The summed E-state index contributed by atoms with van der Waals surface area (Å²) >= 11 is 0. The van der Waals surface area contributed by atoms with E-state index in [1.165, 1.54) is 5.56 Å². The average molecular weight is 341 g/mol. The van der Waals surface area contributed by atoms with Gasteiger partial charge in [0.25, 0.3) is 0 Å². The largest absolute Gasteiger partial charge is 0.457 e. The Morgan fingerprint density at radius 3 is 2.58 bits per heavy atom. The summed E-state index contributed by atoms with van der Waals surface area (Å²) in [6.07, 6.45) is 2.05. The van der Waals surface area contributed by atoms with Gasteiger partial charge < -0.3 is 4.42 Å². The number of aromatic nitrogens is 1. The first kappa shape index (κ1) is 16.4. The highest BCUT2D eigenvalue weighted by atomic mass is 16.3. The lowest BCUT2D eigenvalue weighted by Gasteiger charge is -2.08. The standard InChI is InChI=1S/C23H21N2O/c1-14(2)22-19(24-4)10-9-16-18-12-15(3)17(13-21(18)26-23(16)22)20-8-6-7-11-25(20)5/h6-14H,1-3,5H3/q+1. The Labute approximate surface area is 153 Å². The summed E-state index contributed by atoms with van der Waals surface area (Å²) in [4.78, 5) is 3.69. The molecule has 0 saturated carbocycles. The third kappa shape index (κ3) is 2.38. The van der Waals surface area contributed by atoms with E-state index in [1.807, 2.05) is 18.2 Å². The molecule has 0 spiro atoms. The molecule has 0 aliphatic heterocycles. The molecule has 0 N–H and O–H groups in total. The van der Waals surface area contributed by atoms with Crippen molar-refractivity contribution in [3.63, 3.8) is 0 Å². The fourth-order valence-electron chi connectivity index (χ4n) is 3.74. The molecule has 3 heteroatoms. The van der Waals surface area contributed by atoms with E-state index in [4.69, 9.17) is 11.0 Å². The van der Waals surface area contributed by atoms with Gasteiger partial charge in [-0.1, -0.05) is 26.0 Å². The monoisotopic (exact) mass is 341 g/mol. The predicted molar refractivity (Wildman–Crippen MR) is 105 cm³/mol. The molecule has 4 rings (SSSR count). The van der Waals surface area contributed by atoms with E-state index in [-0.39, 0.29) is 5.92 Å². The van der Waals surface area contributed by atoms with Gasteiger partial charge in [0, 0.05) is 28.5 Å². The van der Waals surface area contributed by atoms with Crippen molar-refractivity contribution >= 4 is 27.6 Å². The number of furan rings is 1. The van der Waals surface area contributed by atoms with Crippen LogP contribution in [0.25, 0.3) is 38.0 Å². The van der Waals surface area contributed by atoms with Gasteiger partial charge in [0.1, 0.15) is 18.2 Å². The molecule has 2 aromatic carbocycles. The van der Waals surface area contributed by atoms with Gasteiger partial charge in [0.05, 0.1) is 12.1 Å². The fourth-order valence-corrected chi connectivity index (χ4v) is 3.74. The summed E-state index contributed by atoms with van der Waals surface area (Å²) in [6.45, 7) is 13.8. The summed E-state index contributed by atoms with van der Waals surface area (Å²) in [5.74, 6) is 0.232. The van der Waals surface area contributed by atoms with Crippen LogP contribution in [0.3, 0.4) is 0 Å². The Kier molecular flexibility index (Phi) is 3.77. The average Bonchev–Trinajstić information content (AvgIpc) is 2.97. The Bertz CT molecular complexity index is 1190. The highest BCUT2D eigenvalue weighted by Crippen LogP contribution is 2.40. The molecule has 0 atom stereocenters. The quantitative estimate of drug-likeness (QED) is 0.321. The molecule has 0 bridgehead atoms. The van der Waals surface area contributed by atoms with E-state index in [1.54, 1.807) is 0 Å². The smallest absolute Gasteiger partial charge is 0.212 e. The molecule has 3 nitrogen and oxygen atoms in total. The summed E-state index contributed by atoms with van der Waals surface area (Å²) < 4.78 is 8.41. The molecule has 4 aromatic rings. The van der Waals surface area contributed by atoms with E-state index in [0.717, 1.165) is 38.8 Å². The van der Waals surface area contributed by atoms with Crippen LogP contribution in [0.1, 0.15) is 30.9 Å². The van der Waals surface area contributed by atoms with Gasteiger partial charge in [-0.15, -0.1) is 0 Å². The Morgan fingerprint density at radius 2 is 1.88 bits per heavy atom. The number of fused-ring (bicyclic) bond motifs is 3. The minimum Gasteiger partial charge on any atom is -0.457 e. The highest BCUT2D eigenvalue weighted by Gasteiger charge is 2.19. The summed E-state index contributed by atoms with van der Waals surface area (Å²) in [6, 6.07) is 14.5. The zero-order valence-corrected chi connectivity index (χ0v) is 15.5. The second kappa shape index (κ2) is 6.00. The maximum absolute atomic E-state index is 7.47. The van der Waals surface area contributed by atoms with Crippen molar-refractivity contribution in [1.82, 2.24) is 0 Å². The third-order valence-electron chi connectivity index (χ3n) is 5.03. The molecule has 26 heavy (non-hydrogen) atoms. The summed E-state index contributed by atoms with van der Waals surface area (Å²) in [5, 5.41) is 2.20. The lowest BCUT2D eigenvalue weighted by molar-refractivity contribution is -0.660. The fraction of sp³-hybridized carbons (Fsp3) is 0.217. The van der Waals surface area contributed by atoms with Crippen molar-refractivity contribution in [3.05, 3.63) is 71.2 Å². The van der Waals surface area contributed by atoms with Crippen molar-refractivity contribution in [2.75, 3.05) is 0 Å². The van der Waals surface area contributed by atoms with Crippen LogP contribution in [-0.2, 0) is 7.05 Å². The van der Waals surface area contributed by atoms with Gasteiger partial charge >= 0.3 is 0 Å². The van der Waals surface area contributed by atoms with Crippen LogP contribution in [0.15, 0.2) is 53.1 Å². The van der Waals surface area contributed by atoms with Crippen LogP contribution in [0, 0.1) is 13.5 Å². The Balaban J connectivity index is 2.07. The van der Waals surface area contributed by atoms with E-state index < -0.39 is 0 Å². The van der Waals surface area contributed by atoms with Crippen LogP contribution in [0.4, 0.5) is 5.69 Å². The predicted octanol–water partition coefficient (Wildman–Crippen LogP) is 6.06. The van der Waals surface area contributed by atoms with Crippen molar-refractivity contribution < 1.29 is 8.98 Å². The lowest BCUT2D eigenvalue weighted by Crippen LogP contribution is -2.30. The van der Waals surface area contributed by atoms with E-state index in [2.05, 4.69) is 67.7 Å². The second-order valence-corrected chi connectivity index (χ2v) is 7.10. The van der Waals surface area contributed by atoms with Crippen molar-refractivity contribution in [1.29, 1.82) is 0 Å². The molecule has 0 aliphatic carbocycles. The van der Waals surface area contributed by atoms with Crippen LogP contribution in [-0.4, -0.2) is 0 Å². The van der Waals surface area contributed by atoms with Gasteiger partial charge in [0.2, 0.25) is 5.69 Å². The second-order valence-electron chi connectivity index (χ2n) is 7.10. The molecular weight excluding hydrogens is 320 g/mol. The minimum atomic E-state index is 0.232. The van der Waals surface area contributed by atoms with Crippen molar-refractivity contribution in [3.8, 4) is 11.3 Å². The number of pyridine rings is 1. The Hall–Kier alpha value is -3.12. The van der Waals surface area contributed by atoms with Gasteiger partial charge in [-0.25, -0.2) is 9.41 Å². The number of hydrogen-bond acceptors (Lipinski definition) is 1. The number of hydrogen-bond donors (Lipinski definition) is 0. The molecule has 0 aliphatic rings. The summed E-state index contributed by atoms with van der Waals surface area (Å²) in [7, 11) is 2.05. The maximum Gasteiger partial charge on any atom is 0.212 e. The van der Waals surface area contributed by atoms with Crippen LogP contribution in [0.2, 0.25) is 0 Å². The molecule has 128 valence electrons. The van der Waals surface area contributed by atoms with Crippen LogP contribution in [0.5, 0.6) is 0 Å². The first-order chi connectivity index (χ1) is 12.5. The zero-order chi connectivity index (χ0) is 18.4. The number of nitrogens with zero attached hydrogens (tertiary/aromatic N) is 2. The molecule has 2 aromatic heterocycles. The zero-order valence-electron chi connectivity index (χ0n) is 15.5. The van der Waals surface area contributed by atoms with Crippen LogP contribution < -0.4 is 4.57 Å². The highest BCUT2D eigenvalue weighted by molar-refractivity contribution is 6.08. The molecule has 0 unspecified atom stereocenters. The van der Waals surface area contributed by atoms with E-state index in [9.17, 15) is 0 Å². The maximum atomic E-state index is 7.47. The lowest BCUT2D eigenvalue weighted by atomic mass is 9.97. The first-order valence-corrected chi connectivity index (χ1v) is 8.83. The van der Waals surface area contributed by atoms with Crippen molar-refractivity contribution in [2.45, 2.75) is 26.7 Å². The first-order valence-electron chi connectivity index (χ1n) is 8.83. The molecule has 0 radical (unpaired) electrons.